The predicted octanol–water partition coefficient (Wildman–Crippen LogP) is 4.20. The van der Waals surface area contributed by atoms with Crippen LogP contribution in [0.4, 0.5) is 0 Å². The van der Waals surface area contributed by atoms with Crippen molar-refractivity contribution < 1.29 is 9.47 Å². The summed E-state index contributed by atoms with van der Waals surface area (Å²) in [5.74, 6) is 0. The van der Waals surface area contributed by atoms with Crippen molar-refractivity contribution in [3.05, 3.63) is 0 Å². The molecule has 2 nitrogen and oxygen atoms in total. The second kappa shape index (κ2) is 7.88. The topological polar surface area (TPSA) is 18.5 Å². The predicted molar refractivity (Wildman–Crippen MR) is 78.5 cm³/mol. The van der Waals surface area contributed by atoms with Gasteiger partial charge in [-0.25, -0.2) is 0 Å². The molecule has 0 spiro atoms. The van der Waals surface area contributed by atoms with E-state index in [4.69, 9.17) is 9.47 Å². The summed E-state index contributed by atoms with van der Waals surface area (Å²) in [6, 6.07) is 0. The van der Waals surface area contributed by atoms with Crippen LogP contribution in [0.15, 0.2) is 0 Å². The number of alkyl halides is 1. The van der Waals surface area contributed by atoms with Crippen LogP contribution in [-0.2, 0) is 9.47 Å². The maximum Gasteiger partial charge on any atom is 0.0670 e. The van der Waals surface area contributed by atoms with Gasteiger partial charge in [0, 0.05) is 11.5 Å². The zero-order chi connectivity index (χ0) is 12.7. The third-order valence-corrected chi connectivity index (χ3v) is 4.23. The highest BCUT2D eigenvalue weighted by Gasteiger charge is 2.25. The highest BCUT2D eigenvalue weighted by Crippen LogP contribution is 2.24. The van der Waals surface area contributed by atoms with E-state index in [2.05, 4.69) is 50.3 Å². The first-order valence-electron chi connectivity index (χ1n) is 6.20. The van der Waals surface area contributed by atoms with Gasteiger partial charge in [0.05, 0.1) is 17.8 Å². The molecule has 98 valence electrons. The Morgan fingerprint density at radius 3 is 1.94 bits per heavy atom. The second-order valence-electron chi connectivity index (χ2n) is 4.85. The number of halogens is 1. The van der Waals surface area contributed by atoms with Crippen LogP contribution in [0, 0.1) is 0 Å². The third kappa shape index (κ3) is 5.82. The molecule has 0 fully saturated rings. The molecule has 0 bridgehead atoms. The van der Waals surface area contributed by atoms with E-state index in [9.17, 15) is 0 Å². The van der Waals surface area contributed by atoms with Gasteiger partial charge in [-0.05, 0) is 39.5 Å². The van der Waals surface area contributed by atoms with Crippen LogP contribution < -0.4 is 0 Å². The lowest BCUT2D eigenvalue weighted by Gasteiger charge is -2.32. The van der Waals surface area contributed by atoms with Crippen molar-refractivity contribution in [2.45, 2.75) is 64.6 Å². The molecule has 2 unspecified atom stereocenters. The van der Waals surface area contributed by atoms with Crippen LogP contribution in [-0.4, -0.2) is 29.3 Å². The Balaban J connectivity index is 4.03. The van der Waals surface area contributed by atoms with E-state index in [1.165, 1.54) is 0 Å². The molecular formula is C13H27IO2. The standard InChI is InChI=1S/C13H27IO2/c1-6-12(3,15-5)9-11-16-13(4,7-2)8-10-14/h6-11H2,1-5H3. The van der Waals surface area contributed by atoms with E-state index in [1.807, 2.05) is 0 Å². The van der Waals surface area contributed by atoms with Gasteiger partial charge in [0.25, 0.3) is 0 Å². The lowest BCUT2D eigenvalue weighted by atomic mass is 9.98. The average molecular weight is 342 g/mol. The molecule has 0 aliphatic carbocycles. The van der Waals surface area contributed by atoms with Gasteiger partial charge < -0.3 is 9.47 Å². The summed E-state index contributed by atoms with van der Waals surface area (Å²) in [4.78, 5) is 0. The van der Waals surface area contributed by atoms with E-state index in [0.29, 0.717) is 0 Å². The maximum absolute atomic E-state index is 6.03. The Morgan fingerprint density at radius 1 is 1.00 bits per heavy atom. The molecule has 0 aromatic carbocycles. The third-order valence-electron chi connectivity index (χ3n) is 3.69. The molecule has 16 heavy (non-hydrogen) atoms. The van der Waals surface area contributed by atoms with Gasteiger partial charge in [0.2, 0.25) is 0 Å². The molecule has 3 heteroatoms. The van der Waals surface area contributed by atoms with E-state index >= 15 is 0 Å². The van der Waals surface area contributed by atoms with E-state index in [-0.39, 0.29) is 11.2 Å². The van der Waals surface area contributed by atoms with Gasteiger partial charge in [-0.1, -0.05) is 36.4 Å². The van der Waals surface area contributed by atoms with Gasteiger partial charge in [-0.3, -0.25) is 0 Å². The molecule has 0 rings (SSSR count). The zero-order valence-electron chi connectivity index (χ0n) is 11.4. The minimum Gasteiger partial charge on any atom is -0.378 e. The monoisotopic (exact) mass is 342 g/mol. The summed E-state index contributed by atoms with van der Waals surface area (Å²) < 4.78 is 12.7. The van der Waals surface area contributed by atoms with Crippen LogP contribution in [0.1, 0.15) is 53.4 Å². The Labute approximate surface area is 115 Å². The van der Waals surface area contributed by atoms with Crippen molar-refractivity contribution in [3.8, 4) is 0 Å². The SMILES string of the molecule is CCC(C)(CCOC(C)(CC)CCI)OC. The van der Waals surface area contributed by atoms with Crippen LogP contribution >= 0.6 is 22.6 Å². The number of hydrogen-bond donors (Lipinski definition) is 0. The summed E-state index contributed by atoms with van der Waals surface area (Å²) in [6.07, 6.45) is 4.20. The van der Waals surface area contributed by atoms with Gasteiger partial charge in [0.15, 0.2) is 0 Å². The lowest BCUT2D eigenvalue weighted by molar-refractivity contribution is -0.0752. The normalized spacial score (nSPS) is 19.1. The van der Waals surface area contributed by atoms with Crippen molar-refractivity contribution in [2.24, 2.45) is 0 Å². The summed E-state index contributed by atoms with van der Waals surface area (Å²) in [6.45, 7) is 9.51. The molecule has 0 heterocycles. The van der Waals surface area contributed by atoms with Gasteiger partial charge >= 0.3 is 0 Å². The molecule has 2 atom stereocenters. The zero-order valence-corrected chi connectivity index (χ0v) is 13.6. The molecule has 0 N–H and O–H groups in total. The summed E-state index contributed by atoms with van der Waals surface area (Å²) in [5.41, 5.74) is 0.0164. The second-order valence-corrected chi connectivity index (χ2v) is 5.93. The Hall–Kier alpha value is 0.650. The molecule has 0 aromatic heterocycles. The Kier molecular flexibility index (Phi) is 8.20. The highest BCUT2D eigenvalue weighted by molar-refractivity contribution is 14.1. The van der Waals surface area contributed by atoms with E-state index < -0.39 is 0 Å². The van der Waals surface area contributed by atoms with Crippen molar-refractivity contribution >= 4 is 22.6 Å². The minimum atomic E-state index is -0.0288. The fourth-order valence-corrected chi connectivity index (χ4v) is 2.63. The first-order valence-corrected chi connectivity index (χ1v) is 7.73. The maximum atomic E-state index is 6.03. The summed E-state index contributed by atoms with van der Waals surface area (Å²) in [5, 5.41) is 0. The van der Waals surface area contributed by atoms with Gasteiger partial charge in [-0.15, -0.1) is 0 Å². The quantitative estimate of drug-likeness (QED) is 0.462. The molecule has 0 aromatic rings. The molecule has 0 amide bonds. The first-order chi connectivity index (χ1) is 7.45. The molecule has 0 saturated carbocycles. The van der Waals surface area contributed by atoms with E-state index in [0.717, 1.165) is 36.7 Å². The van der Waals surface area contributed by atoms with Gasteiger partial charge in [-0.2, -0.15) is 0 Å². The van der Waals surface area contributed by atoms with Crippen molar-refractivity contribution in [1.82, 2.24) is 0 Å². The lowest BCUT2D eigenvalue weighted by Crippen LogP contribution is -2.33. The highest BCUT2D eigenvalue weighted by atomic mass is 127. The van der Waals surface area contributed by atoms with Crippen molar-refractivity contribution in [2.75, 3.05) is 18.1 Å². The largest absolute Gasteiger partial charge is 0.378 e. The Morgan fingerprint density at radius 2 is 1.56 bits per heavy atom. The van der Waals surface area contributed by atoms with E-state index in [1.54, 1.807) is 7.11 Å². The molecule has 0 saturated heterocycles. The molecule has 0 aliphatic heterocycles. The van der Waals surface area contributed by atoms with Crippen molar-refractivity contribution in [3.63, 3.8) is 0 Å². The molecule has 0 radical (unpaired) electrons. The molecular weight excluding hydrogens is 315 g/mol. The smallest absolute Gasteiger partial charge is 0.0670 e. The fourth-order valence-electron chi connectivity index (χ4n) is 1.49. The molecule has 0 aliphatic rings. The number of rotatable bonds is 9. The minimum absolute atomic E-state index is 0.0288. The average Bonchev–Trinajstić information content (AvgIpc) is 2.29. The van der Waals surface area contributed by atoms with Crippen LogP contribution in [0.25, 0.3) is 0 Å². The van der Waals surface area contributed by atoms with Gasteiger partial charge in [0.1, 0.15) is 0 Å². The van der Waals surface area contributed by atoms with Crippen LogP contribution in [0.2, 0.25) is 0 Å². The summed E-state index contributed by atoms with van der Waals surface area (Å²) >= 11 is 2.41. The van der Waals surface area contributed by atoms with Crippen LogP contribution in [0.5, 0.6) is 0 Å². The number of ether oxygens (including phenoxy) is 2. The first kappa shape index (κ1) is 16.6. The fraction of sp³-hybridized carbons (Fsp3) is 1.00. The van der Waals surface area contributed by atoms with Crippen LogP contribution in [0.3, 0.4) is 0 Å². The number of methoxy groups -OCH3 is 1. The Bertz CT molecular complexity index is 181. The summed E-state index contributed by atoms with van der Waals surface area (Å²) in [7, 11) is 1.79. The number of hydrogen-bond acceptors (Lipinski definition) is 2. The van der Waals surface area contributed by atoms with Crippen molar-refractivity contribution in [1.29, 1.82) is 0 Å².